The number of carbonyl (C=O) groups excluding carboxylic acids is 1. The van der Waals surface area contributed by atoms with Crippen molar-refractivity contribution in [3.63, 3.8) is 0 Å². The summed E-state index contributed by atoms with van der Waals surface area (Å²) < 4.78 is 0. The minimum Gasteiger partial charge on any atom is -0.477 e. The van der Waals surface area contributed by atoms with E-state index in [2.05, 4.69) is 5.32 Å². The Morgan fingerprint density at radius 3 is 2.67 bits per heavy atom. The first kappa shape index (κ1) is 14.0. The fourth-order valence-electron chi connectivity index (χ4n) is 1.16. The predicted molar refractivity (Wildman–Crippen MR) is 64.8 cm³/mol. The summed E-state index contributed by atoms with van der Waals surface area (Å²) in [7, 11) is 1.49. The summed E-state index contributed by atoms with van der Waals surface area (Å²) in [6.07, 6.45) is 0. The molecule has 0 atom stereocenters. The maximum Gasteiger partial charge on any atom is 0.342 e. The van der Waals surface area contributed by atoms with E-state index in [1.165, 1.54) is 19.2 Å². The van der Waals surface area contributed by atoms with Gasteiger partial charge in [0, 0.05) is 18.0 Å². The monoisotopic (exact) mass is 270 g/mol. The number of hydrogen-bond acceptors (Lipinski definition) is 5. The molecule has 0 heterocycles. The zero-order valence-electron chi connectivity index (χ0n) is 9.37. The molecule has 2 N–H and O–H groups in total. The summed E-state index contributed by atoms with van der Waals surface area (Å²) in [6, 6.07) is 3.72. The summed E-state index contributed by atoms with van der Waals surface area (Å²) in [6.45, 7) is 0. The normalized spacial score (nSPS) is 9.83. The summed E-state index contributed by atoms with van der Waals surface area (Å²) in [4.78, 5) is 32.3. The highest BCUT2D eigenvalue weighted by molar-refractivity contribution is 8.00. The number of carboxylic acids is 1. The molecular weight excluding hydrogens is 260 g/mol. The lowest BCUT2D eigenvalue weighted by molar-refractivity contribution is -0.385. The third-order valence-corrected chi connectivity index (χ3v) is 3.04. The van der Waals surface area contributed by atoms with Crippen LogP contribution in [-0.4, -0.2) is 34.7 Å². The van der Waals surface area contributed by atoms with Crippen LogP contribution in [0.25, 0.3) is 0 Å². The maximum atomic E-state index is 11.0. The number of rotatable bonds is 5. The Morgan fingerprint density at radius 1 is 1.50 bits per heavy atom. The average molecular weight is 270 g/mol. The van der Waals surface area contributed by atoms with E-state index < -0.39 is 16.6 Å². The smallest absolute Gasteiger partial charge is 0.342 e. The van der Waals surface area contributed by atoms with Crippen molar-refractivity contribution in [3.8, 4) is 0 Å². The molecule has 8 heteroatoms. The number of carboxylic acid groups (broad SMARTS) is 1. The van der Waals surface area contributed by atoms with Gasteiger partial charge in [-0.15, -0.1) is 11.8 Å². The molecule has 96 valence electrons. The first-order valence-electron chi connectivity index (χ1n) is 4.80. The van der Waals surface area contributed by atoms with Crippen LogP contribution in [0, 0.1) is 10.1 Å². The number of nitro groups is 1. The van der Waals surface area contributed by atoms with E-state index in [1.54, 1.807) is 0 Å². The molecule has 1 aromatic rings. The molecule has 0 unspecified atom stereocenters. The standard InChI is InChI=1S/C10H10N2O5S/c1-11-9(13)5-18-6-2-3-8(12(16)17)7(4-6)10(14)15/h2-4H,5H2,1H3,(H,11,13)(H,14,15). The summed E-state index contributed by atoms with van der Waals surface area (Å²) >= 11 is 1.11. The zero-order chi connectivity index (χ0) is 13.7. The van der Waals surface area contributed by atoms with Crippen molar-refractivity contribution in [2.24, 2.45) is 0 Å². The van der Waals surface area contributed by atoms with Gasteiger partial charge in [0.2, 0.25) is 5.91 Å². The lowest BCUT2D eigenvalue weighted by atomic mass is 10.2. The lowest BCUT2D eigenvalue weighted by Gasteiger charge is -2.03. The van der Waals surface area contributed by atoms with Crippen molar-refractivity contribution in [3.05, 3.63) is 33.9 Å². The van der Waals surface area contributed by atoms with Crippen LogP contribution in [-0.2, 0) is 4.79 Å². The quantitative estimate of drug-likeness (QED) is 0.471. The van der Waals surface area contributed by atoms with E-state index in [0.717, 1.165) is 17.8 Å². The van der Waals surface area contributed by atoms with Gasteiger partial charge in [0.1, 0.15) is 5.56 Å². The van der Waals surface area contributed by atoms with Crippen LogP contribution in [0.2, 0.25) is 0 Å². The minimum absolute atomic E-state index is 0.118. The number of amides is 1. The third kappa shape index (κ3) is 3.45. The largest absolute Gasteiger partial charge is 0.477 e. The molecule has 1 aromatic carbocycles. The molecule has 0 saturated carbocycles. The number of carbonyl (C=O) groups is 2. The topological polar surface area (TPSA) is 110 Å². The molecule has 0 saturated heterocycles. The van der Waals surface area contributed by atoms with Crippen molar-refractivity contribution in [1.29, 1.82) is 0 Å². The van der Waals surface area contributed by atoms with Crippen LogP contribution in [0.4, 0.5) is 5.69 Å². The zero-order valence-corrected chi connectivity index (χ0v) is 10.2. The average Bonchev–Trinajstić information content (AvgIpc) is 2.35. The highest BCUT2D eigenvalue weighted by atomic mass is 32.2. The fraction of sp³-hybridized carbons (Fsp3) is 0.200. The van der Waals surface area contributed by atoms with E-state index >= 15 is 0 Å². The Balaban J connectivity index is 2.97. The number of aromatic carboxylic acids is 1. The van der Waals surface area contributed by atoms with E-state index in [1.807, 2.05) is 0 Å². The lowest BCUT2D eigenvalue weighted by Crippen LogP contribution is -2.19. The van der Waals surface area contributed by atoms with Gasteiger partial charge in [0.05, 0.1) is 10.7 Å². The summed E-state index contributed by atoms with van der Waals surface area (Å²) in [5.41, 5.74) is -0.853. The second-order valence-electron chi connectivity index (χ2n) is 3.20. The number of benzene rings is 1. The van der Waals surface area contributed by atoms with E-state index in [-0.39, 0.29) is 17.2 Å². The van der Waals surface area contributed by atoms with Gasteiger partial charge in [-0.2, -0.15) is 0 Å². The Hall–Kier alpha value is -2.09. The summed E-state index contributed by atoms with van der Waals surface area (Å²) in [5.74, 6) is -1.47. The van der Waals surface area contributed by atoms with Gasteiger partial charge in [-0.3, -0.25) is 14.9 Å². The Bertz CT molecular complexity index is 503. The molecule has 0 bridgehead atoms. The van der Waals surface area contributed by atoms with Crippen LogP contribution < -0.4 is 5.32 Å². The molecule has 0 fully saturated rings. The molecule has 0 aliphatic heterocycles. The van der Waals surface area contributed by atoms with Crippen LogP contribution in [0.3, 0.4) is 0 Å². The van der Waals surface area contributed by atoms with Crippen LogP contribution >= 0.6 is 11.8 Å². The Labute approximate surface area is 106 Å². The van der Waals surface area contributed by atoms with Gasteiger partial charge in [-0.05, 0) is 12.1 Å². The van der Waals surface area contributed by atoms with Gasteiger partial charge in [0.25, 0.3) is 5.69 Å². The van der Waals surface area contributed by atoms with E-state index in [9.17, 15) is 19.7 Å². The summed E-state index contributed by atoms with van der Waals surface area (Å²) in [5, 5.41) is 21.9. The second-order valence-corrected chi connectivity index (χ2v) is 4.25. The highest BCUT2D eigenvalue weighted by Gasteiger charge is 2.20. The number of nitro benzene ring substituents is 1. The van der Waals surface area contributed by atoms with Gasteiger partial charge in [-0.1, -0.05) is 0 Å². The molecular formula is C10H10N2O5S. The number of hydrogen-bond donors (Lipinski definition) is 2. The first-order chi connectivity index (χ1) is 8.45. The maximum absolute atomic E-state index is 11.0. The van der Waals surface area contributed by atoms with Crippen LogP contribution in [0.5, 0.6) is 0 Å². The van der Waals surface area contributed by atoms with Crippen molar-refractivity contribution in [2.45, 2.75) is 4.90 Å². The molecule has 0 radical (unpaired) electrons. The molecule has 1 amide bonds. The molecule has 0 spiro atoms. The van der Waals surface area contributed by atoms with Crippen molar-refractivity contribution in [1.82, 2.24) is 5.32 Å². The van der Waals surface area contributed by atoms with Crippen molar-refractivity contribution < 1.29 is 19.6 Å². The number of thioether (sulfide) groups is 1. The fourth-order valence-corrected chi connectivity index (χ4v) is 1.96. The van der Waals surface area contributed by atoms with E-state index in [4.69, 9.17) is 5.11 Å². The minimum atomic E-state index is -1.37. The van der Waals surface area contributed by atoms with Gasteiger partial charge in [0.15, 0.2) is 0 Å². The van der Waals surface area contributed by atoms with Crippen molar-refractivity contribution >= 4 is 29.3 Å². The third-order valence-electron chi connectivity index (χ3n) is 2.04. The molecule has 0 aromatic heterocycles. The van der Waals surface area contributed by atoms with Crippen LogP contribution in [0.15, 0.2) is 23.1 Å². The van der Waals surface area contributed by atoms with Gasteiger partial charge in [-0.25, -0.2) is 4.79 Å². The number of nitrogens with zero attached hydrogens (tertiary/aromatic N) is 1. The Morgan fingerprint density at radius 2 is 2.17 bits per heavy atom. The molecule has 0 aliphatic rings. The first-order valence-corrected chi connectivity index (χ1v) is 5.79. The SMILES string of the molecule is CNC(=O)CSc1ccc([N+](=O)[O-])c(C(=O)O)c1. The number of nitrogens with one attached hydrogen (secondary N) is 1. The van der Waals surface area contributed by atoms with Gasteiger partial charge >= 0.3 is 5.97 Å². The molecule has 0 aliphatic carbocycles. The van der Waals surface area contributed by atoms with Gasteiger partial charge < -0.3 is 10.4 Å². The van der Waals surface area contributed by atoms with E-state index in [0.29, 0.717) is 4.90 Å². The molecule has 18 heavy (non-hydrogen) atoms. The van der Waals surface area contributed by atoms with Crippen LogP contribution in [0.1, 0.15) is 10.4 Å². The molecule has 1 rings (SSSR count). The van der Waals surface area contributed by atoms with Crippen molar-refractivity contribution in [2.75, 3.05) is 12.8 Å². The highest BCUT2D eigenvalue weighted by Crippen LogP contribution is 2.25. The second kappa shape index (κ2) is 6.01. The Kier molecular flexibility index (Phi) is 4.67. The predicted octanol–water partition coefficient (Wildman–Crippen LogP) is 1.13. The molecule has 7 nitrogen and oxygen atoms in total.